The van der Waals surface area contributed by atoms with Crippen LogP contribution in [0.3, 0.4) is 0 Å². The first-order valence-corrected chi connectivity index (χ1v) is 7.74. The van der Waals surface area contributed by atoms with E-state index in [2.05, 4.69) is 6.58 Å². The summed E-state index contributed by atoms with van der Waals surface area (Å²) in [7, 11) is 0. The van der Waals surface area contributed by atoms with E-state index < -0.39 is 53.0 Å². The molecule has 1 saturated heterocycles. The summed E-state index contributed by atoms with van der Waals surface area (Å²) in [6, 6.07) is 0. The lowest BCUT2D eigenvalue weighted by atomic mass is 9.72. The Balaban J connectivity index is 2.18. The molecule has 0 bridgehead atoms. The van der Waals surface area contributed by atoms with Crippen LogP contribution in [-0.4, -0.2) is 51.3 Å². The molecule has 0 aromatic carbocycles. The predicted molar refractivity (Wildman–Crippen MR) is 80.5 cm³/mol. The molecule has 3 rings (SSSR count). The van der Waals surface area contributed by atoms with E-state index in [1.807, 2.05) is 0 Å². The van der Waals surface area contributed by atoms with Crippen LogP contribution in [0, 0.1) is 11.8 Å². The second-order valence-corrected chi connectivity index (χ2v) is 7.07. The Bertz CT molecular complexity index is 689. The second kappa shape index (κ2) is 5.00. The number of hydrogen-bond acceptors (Lipinski definition) is 7. The lowest BCUT2D eigenvalue weighted by molar-refractivity contribution is -0.168. The van der Waals surface area contributed by atoms with Crippen LogP contribution in [0.4, 0.5) is 0 Å². The highest BCUT2D eigenvalue weighted by Crippen LogP contribution is 2.53. The quantitative estimate of drug-likeness (QED) is 0.514. The van der Waals surface area contributed by atoms with Gasteiger partial charge in [-0.1, -0.05) is 6.58 Å². The highest BCUT2D eigenvalue weighted by Gasteiger charge is 2.68. The molecule has 0 spiro atoms. The number of aliphatic hydroxyl groups is 2. The summed E-state index contributed by atoms with van der Waals surface area (Å²) in [5, 5.41) is 22.2. The summed E-state index contributed by atoms with van der Waals surface area (Å²) in [4.78, 5) is 35.9. The molecule has 2 N–H and O–H groups in total. The first-order valence-electron chi connectivity index (χ1n) is 7.74. The third-order valence-electron chi connectivity index (χ3n) is 5.33. The molecule has 0 unspecified atom stereocenters. The van der Waals surface area contributed by atoms with E-state index in [1.165, 1.54) is 19.9 Å². The van der Waals surface area contributed by atoms with Crippen molar-refractivity contribution in [1.29, 1.82) is 0 Å². The maximum absolute atomic E-state index is 12.4. The van der Waals surface area contributed by atoms with E-state index >= 15 is 0 Å². The number of carbonyl (C=O) groups excluding carboxylic acids is 3. The molecule has 130 valence electrons. The van der Waals surface area contributed by atoms with Crippen LogP contribution in [0.15, 0.2) is 23.8 Å². The van der Waals surface area contributed by atoms with Gasteiger partial charge in [0, 0.05) is 18.9 Å². The Morgan fingerprint density at radius 1 is 1.42 bits per heavy atom. The van der Waals surface area contributed by atoms with Crippen LogP contribution in [-0.2, 0) is 23.9 Å². The van der Waals surface area contributed by atoms with Gasteiger partial charge in [-0.3, -0.25) is 9.59 Å². The maximum atomic E-state index is 12.4. The number of allylic oxidation sites excluding steroid dienone is 1. The van der Waals surface area contributed by atoms with E-state index in [9.17, 15) is 24.6 Å². The predicted octanol–water partition coefficient (Wildman–Crippen LogP) is 0.0469. The first kappa shape index (κ1) is 16.9. The zero-order chi connectivity index (χ0) is 18.0. The summed E-state index contributed by atoms with van der Waals surface area (Å²) in [6.07, 6.45) is -0.944. The van der Waals surface area contributed by atoms with Crippen LogP contribution < -0.4 is 0 Å². The number of ether oxygens (including phenoxy) is 2. The first-order chi connectivity index (χ1) is 11.0. The van der Waals surface area contributed by atoms with Crippen molar-refractivity contribution in [3.8, 4) is 0 Å². The molecule has 0 aromatic rings. The van der Waals surface area contributed by atoms with E-state index in [4.69, 9.17) is 9.47 Å². The van der Waals surface area contributed by atoms with Crippen molar-refractivity contribution >= 4 is 17.7 Å². The fourth-order valence-electron chi connectivity index (χ4n) is 4.37. The minimum absolute atomic E-state index is 0.0586. The minimum atomic E-state index is -1.87. The molecule has 0 radical (unpaired) electrons. The van der Waals surface area contributed by atoms with E-state index in [0.29, 0.717) is 5.57 Å². The number of fused-ring (bicyclic) bond motifs is 3. The van der Waals surface area contributed by atoms with Gasteiger partial charge >= 0.3 is 11.9 Å². The number of rotatable bonds is 1. The lowest BCUT2D eigenvalue weighted by Crippen LogP contribution is -2.56. The number of ketones is 1. The van der Waals surface area contributed by atoms with Gasteiger partial charge in [0.1, 0.15) is 17.8 Å². The van der Waals surface area contributed by atoms with Crippen molar-refractivity contribution in [3.63, 3.8) is 0 Å². The molecule has 6 atom stereocenters. The fraction of sp³-hybridized carbons (Fsp3) is 0.588. The Hall–Kier alpha value is -1.99. The Morgan fingerprint density at radius 2 is 2.04 bits per heavy atom. The second-order valence-electron chi connectivity index (χ2n) is 7.07. The summed E-state index contributed by atoms with van der Waals surface area (Å²) < 4.78 is 10.6. The lowest BCUT2D eigenvalue weighted by Gasteiger charge is -2.40. The van der Waals surface area contributed by atoms with Gasteiger partial charge in [0.2, 0.25) is 0 Å². The van der Waals surface area contributed by atoms with Crippen LogP contribution in [0.1, 0.15) is 27.2 Å². The highest BCUT2D eigenvalue weighted by molar-refractivity contribution is 5.99. The van der Waals surface area contributed by atoms with Gasteiger partial charge in [0.05, 0.1) is 17.4 Å². The normalized spacial score (nSPS) is 44.4. The zero-order valence-electron chi connectivity index (χ0n) is 13.7. The van der Waals surface area contributed by atoms with Gasteiger partial charge in [-0.15, -0.1) is 0 Å². The molecule has 0 aromatic heterocycles. The molecule has 0 amide bonds. The Kier molecular flexibility index (Phi) is 3.51. The average Bonchev–Trinajstić information content (AvgIpc) is 2.82. The number of hydrogen-bond donors (Lipinski definition) is 2. The fourth-order valence-corrected chi connectivity index (χ4v) is 4.37. The van der Waals surface area contributed by atoms with Gasteiger partial charge in [-0.25, -0.2) is 4.79 Å². The SMILES string of the molecule is C=C1C(=O)O[C@H]2[C@H]1[C@@H](OC(C)=O)C[C@@](C)(O)[C@@H]1C(=O)C=C(C)[C@@]12O. The monoisotopic (exact) mass is 336 g/mol. The molecule has 7 heteroatoms. The summed E-state index contributed by atoms with van der Waals surface area (Å²) in [6.45, 7) is 7.86. The van der Waals surface area contributed by atoms with Crippen LogP contribution >= 0.6 is 0 Å². The molecule has 1 saturated carbocycles. The van der Waals surface area contributed by atoms with Gasteiger partial charge in [-0.2, -0.15) is 0 Å². The summed E-state index contributed by atoms with van der Waals surface area (Å²) in [5.41, 5.74) is -3.16. The molecular formula is C17H20O7. The van der Waals surface area contributed by atoms with Gasteiger partial charge < -0.3 is 19.7 Å². The van der Waals surface area contributed by atoms with Gasteiger partial charge in [0.25, 0.3) is 0 Å². The average molecular weight is 336 g/mol. The molecular weight excluding hydrogens is 316 g/mol. The Morgan fingerprint density at radius 3 is 2.62 bits per heavy atom. The zero-order valence-corrected chi connectivity index (χ0v) is 13.7. The molecule has 1 aliphatic heterocycles. The number of esters is 2. The standard InChI is InChI=1S/C17H20O7/c1-7-5-10(19)13-16(4,21)6-11(23-9(3)18)12-8(2)15(20)24-14(12)17(7,13)22/h5,11-14,21-22H,2,6H2,1,3-4H3/t11-,12+,13-,14-,16+,17+/m0/s1. The van der Waals surface area contributed by atoms with Crippen LogP contribution in [0.5, 0.6) is 0 Å². The molecule has 2 aliphatic carbocycles. The topological polar surface area (TPSA) is 110 Å². The third-order valence-corrected chi connectivity index (χ3v) is 5.33. The maximum Gasteiger partial charge on any atom is 0.334 e. The van der Waals surface area contributed by atoms with Crippen molar-refractivity contribution in [1.82, 2.24) is 0 Å². The third kappa shape index (κ3) is 2.08. The molecule has 24 heavy (non-hydrogen) atoms. The van der Waals surface area contributed by atoms with Crippen molar-refractivity contribution in [2.75, 3.05) is 0 Å². The molecule has 1 heterocycles. The van der Waals surface area contributed by atoms with Crippen molar-refractivity contribution in [2.24, 2.45) is 11.8 Å². The number of carbonyl (C=O) groups is 3. The van der Waals surface area contributed by atoms with Crippen molar-refractivity contribution < 1.29 is 34.1 Å². The summed E-state index contributed by atoms with van der Waals surface area (Å²) in [5.74, 6) is -3.80. The van der Waals surface area contributed by atoms with Gasteiger partial charge in [-0.05, 0) is 25.5 Å². The Labute approximate surface area is 138 Å². The van der Waals surface area contributed by atoms with E-state index in [-0.39, 0.29) is 12.0 Å². The summed E-state index contributed by atoms with van der Waals surface area (Å²) >= 11 is 0. The minimum Gasteiger partial charge on any atom is -0.462 e. The van der Waals surface area contributed by atoms with E-state index in [1.54, 1.807) is 6.92 Å². The van der Waals surface area contributed by atoms with Crippen LogP contribution in [0.25, 0.3) is 0 Å². The van der Waals surface area contributed by atoms with Crippen molar-refractivity contribution in [2.45, 2.75) is 50.6 Å². The van der Waals surface area contributed by atoms with Gasteiger partial charge in [0.15, 0.2) is 5.78 Å². The van der Waals surface area contributed by atoms with Crippen LogP contribution in [0.2, 0.25) is 0 Å². The molecule has 3 aliphatic rings. The smallest absolute Gasteiger partial charge is 0.334 e. The highest BCUT2D eigenvalue weighted by atomic mass is 16.6. The molecule has 2 fully saturated rings. The van der Waals surface area contributed by atoms with E-state index in [0.717, 1.165) is 0 Å². The largest absolute Gasteiger partial charge is 0.462 e. The molecule has 7 nitrogen and oxygen atoms in total. The van der Waals surface area contributed by atoms with Crippen molar-refractivity contribution in [3.05, 3.63) is 23.8 Å².